The SMILES string of the molecule is O=C(O)[C@@H]1[C@H](c2c3ccc(=O)c(O)c-3oc3c(O)c(O)ccc23)[C@]2(Cl)C(Cl)=C(Cl)[C@]1(Cl)C2(Cl)Cl. The van der Waals surface area contributed by atoms with Gasteiger partial charge >= 0.3 is 5.97 Å². The summed E-state index contributed by atoms with van der Waals surface area (Å²) in [5.41, 5.74) is -1.10. The van der Waals surface area contributed by atoms with Crippen molar-refractivity contribution in [3.63, 3.8) is 0 Å². The number of fused-ring (bicyclic) bond motifs is 4. The van der Waals surface area contributed by atoms with E-state index in [1.54, 1.807) is 0 Å². The topological polar surface area (TPSA) is 128 Å². The van der Waals surface area contributed by atoms with Crippen LogP contribution in [0.1, 0.15) is 11.5 Å². The molecule has 0 amide bonds. The summed E-state index contributed by atoms with van der Waals surface area (Å²) in [7, 11) is 0. The van der Waals surface area contributed by atoms with Crippen molar-refractivity contribution in [2.24, 2.45) is 5.92 Å². The molecule has 1 saturated carbocycles. The zero-order valence-electron chi connectivity index (χ0n) is 16.2. The molecule has 0 unspecified atom stereocenters. The lowest BCUT2D eigenvalue weighted by Gasteiger charge is -2.36. The maximum absolute atomic E-state index is 12.6. The van der Waals surface area contributed by atoms with Crippen LogP contribution in [-0.2, 0) is 4.79 Å². The van der Waals surface area contributed by atoms with Crippen molar-refractivity contribution in [3.05, 3.63) is 50.1 Å². The number of phenols is 3. The van der Waals surface area contributed by atoms with Crippen molar-refractivity contribution >= 4 is 86.5 Å². The van der Waals surface area contributed by atoms with E-state index in [2.05, 4.69) is 0 Å². The number of allylic oxidation sites excluding steroid dienone is 2. The Morgan fingerprint density at radius 3 is 2.15 bits per heavy atom. The minimum absolute atomic E-state index is 0.0415. The Labute approximate surface area is 219 Å². The second-order valence-corrected chi connectivity index (χ2v) is 11.3. The Morgan fingerprint density at radius 1 is 0.912 bits per heavy atom. The van der Waals surface area contributed by atoms with Crippen LogP contribution in [0, 0.1) is 5.92 Å². The molecule has 0 saturated heterocycles. The highest BCUT2D eigenvalue weighted by atomic mass is 35.5. The number of carboxylic acid groups (broad SMARTS) is 1. The molecule has 4 N–H and O–H groups in total. The number of carbonyl (C=O) groups is 1. The van der Waals surface area contributed by atoms with E-state index in [1.165, 1.54) is 12.1 Å². The number of phenolic OH excluding ortho intramolecular Hbond substituents is 3. The number of benzene rings is 2. The highest BCUT2D eigenvalue weighted by molar-refractivity contribution is 6.66. The van der Waals surface area contributed by atoms with E-state index < -0.39 is 60.3 Å². The van der Waals surface area contributed by atoms with Crippen molar-refractivity contribution in [1.82, 2.24) is 0 Å². The average Bonchev–Trinajstić information content (AvgIpc) is 2.98. The summed E-state index contributed by atoms with van der Waals surface area (Å²) >= 11 is 39.7. The van der Waals surface area contributed by atoms with Crippen LogP contribution in [0.2, 0.25) is 0 Å². The Balaban J connectivity index is 2.02. The number of aromatic hydroxyl groups is 3. The van der Waals surface area contributed by atoms with Gasteiger partial charge in [0.2, 0.25) is 16.9 Å². The Kier molecular flexibility index (Phi) is 5.04. The molecular formula is C21H10Cl6O7. The van der Waals surface area contributed by atoms with Crippen molar-refractivity contribution < 1.29 is 29.6 Å². The summed E-state index contributed by atoms with van der Waals surface area (Å²) in [4.78, 5) is 20.4. The minimum atomic E-state index is -2.24. The van der Waals surface area contributed by atoms with Gasteiger partial charge in [-0.3, -0.25) is 9.59 Å². The molecule has 5 rings (SSSR count). The van der Waals surface area contributed by atoms with Gasteiger partial charge in [0.05, 0.1) is 16.0 Å². The second kappa shape index (κ2) is 7.15. The van der Waals surface area contributed by atoms with E-state index in [-0.39, 0.29) is 32.2 Å². The predicted octanol–water partition coefficient (Wildman–Crippen LogP) is 5.64. The van der Waals surface area contributed by atoms with Crippen LogP contribution >= 0.6 is 69.6 Å². The highest BCUT2D eigenvalue weighted by Gasteiger charge is 2.84. The molecule has 7 nitrogen and oxygen atoms in total. The lowest BCUT2D eigenvalue weighted by molar-refractivity contribution is -0.142. The van der Waals surface area contributed by atoms with E-state index in [0.29, 0.717) is 0 Å². The minimum Gasteiger partial charge on any atom is -0.504 e. The molecule has 4 atom stereocenters. The molecule has 1 aromatic carbocycles. The van der Waals surface area contributed by atoms with Gasteiger partial charge < -0.3 is 24.8 Å². The van der Waals surface area contributed by atoms with Gasteiger partial charge in [0.25, 0.3) is 0 Å². The predicted molar refractivity (Wildman–Crippen MR) is 128 cm³/mol. The number of alkyl halides is 4. The summed E-state index contributed by atoms with van der Waals surface area (Å²) in [6, 6.07) is 4.75. The molecule has 2 bridgehead atoms. The maximum atomic E-state index is 12.6. The summed E-state index contributed by atoms with van der Waals surface area (Å²) in [5, 5.41) is 40.6. The lowest BCUT2D eigenvalue weighted by atomic mass is 9.74. The monoisotopic (exact) mass is 584 g/mol. The average molecular weight is 587 g/mol. The van der Waals surface area contributed by atoms with Crippen molar-refractivity contribution in [2.75, 3.05) is 0 Å². The zero-order chi connectivity index (χ0) is 25.1. The third-order valence-corrected chi connectivity index (χ3v) is 10.8. The van der Waals surface area contributed by atoms with Gasteiger partial charge in [0.1, 0.15) is 9.75 Å². The largest absolute Gasteiger partial charge is 0.504 e. The summed E-state index contributed by atoms with van der Waals surface area (Å²) in [5.74, 6) is -7.12. The molecular weight excluding hydrogens is 577 g/mol. The summed E-state index contributed by atoms with van der Waals surface area (Å²) in [6.07, 6.45) is 0. The van der Waals surface area contributed by atoms with E-state index >= 15 is 0 Å². The molecule has 178 valence electrons. The number of hydrogen-bond acceptors (Lipinski definition) is 6. The van der Waals surface area contributed by atoms with Crippen molar-refractivity contribution in [1.29, 1.82) is 0 Å². The normalized spacial score (nSPS) is 29.9. The Hall–Kier alpha value is -1.74. The zero-order valence-corrected chi connectivity index (χ0v) is 20.8. The van der Waals surface area contributed by atoms with Crippen LogP contribution < -0.4 is 5.43 Å². The van der Waals surface area contributed by atoms with Crippen LogP contribution in [0.4, 0.5) is 0 Å². The Bertz CT molecular complexity index is 1500. The summed E-state index contributed by atoms with van der Waals surface area (Å²) < 4.78 is 3.34. The number of carboxylic acids is 1. The molecule has 1 fully saturated rings. The number of hydrogen-bond donors (Lipinski definition) is 4. The van der Waals surface area contributed by atoms with Crippen LogP contribution in [-0.4, -0.2) is 40.5 Å². The highest BCUT2D eigenvalue weighted by Crippen LogP contribution is 2.79. The van der Waals surface area contributed by atoms with E-state index in [0.717, 1.165) is 12.1 Å². The standard InChI is InChI=1S/C21H10Cl6O7/c22-16-17(23)20(25)11(18(32)33)10(19(16,24)21(20,26)27)9-5-1-3-7(28)12(30)14(5)34-15-6(9)2-4-8(29)13(15)31/h1-4,10-11,28,30-31H,(H,32,33)/t10-,11-,19-,20-/m0/s1. The van der Waals surface area contributed by atoms with Gasteiger partial charge in [-0.05, 0) is 29.8 Å². The van der Waals surface area contributed by atoms with Crippen LogP contribution in [0.25, 0.3) is 22.3 Å². The van der Waals surface area contributed by atoms with Gasteiger partial charge in [-0.1, -0.05) is 46.4 Å². The number of halogens is 6. The van der Waals surface area contributed by atoms with E-state index in [9.17, 15) is 30.0 Å². The van der Waals surface area contributed by atoms with Crippen LogP contribution in [0.3, 0.4) is 0 Å². The summed E-state index contributed by atoms with van der Waals surface area (Å²) in [6.45, 7) is 0. The quantitative estimate of drug-likeness (QED) is 0.174. The molecule has 1 aliphatic heterocycles. The van der Waals surface area contributed by atoms with Crippen molar-refractivity contribution in [2.45, 2.75) is 20.0 Å². The van der Waals surface area contributed by atoms with Gasteiger partial charge in [-0.25, -0.2) is 0 Å². The maximum Gasteiger partial charge on any atom is 0.309 e. The van der Waals surface area contributed by atoms with Gasteiger partial charge in [-0.15, -0.1) is 23.2 Å². The second-order valence-electron chi connectivity index (χ2n) is 8.03. The van der Waals surface area contributed by atoms with E-state index in [1.807, 2.05) is 0 Å². The first kappa shape index (κ1) is 24.0. The fraction of sp³-hybridized carbons (Fsp3) is 0.238. The fourth-order valence-electron chi connectivity index (χ4n) is 4.99. The third kappa shape index (κ3) is 2.48. The first-order valence-corrected chi connectivity index (χ1v) is 11.7. The van der Waals surface area contributed by atoms with Gasteiger partial charge in [0, 0.05) is 16.9 Å². The molecule has 1 heterocycles. The first-order chi connectivity index (χ1) is 15.7. The van der Waals surface area contributed by atoms with E-state index in [4.69, 9.17) is 74.0 Å². The molecule has 13 heteroatoms. The molecule has 0 radical (unpaired) electrons. The van der Waals surface area contributed by atoms with Gasteiger partial charge in [0.15, 0.2) is 21.4 Å². The molecule has 0 spiro atoms. The Morgan fingerprint density at radius 2 is 1.53 bits per heavy atom. The third-order valence-electron chi connectivity index (χ3n) is 6.50. The molecule has 4 aliphatic rings. The molecule has 34 heavy (non-hydrogen) atoms. The van der Waals surface area contributed by atoms with Crippen molar-refractivity contribution in [3.8, 4) is 28.6 Å². The molecule has 0 aromatic heterocycles. The fourth-order valence-corrected chi connectivity index (χ4v) is 7.93. The molecule has 3 aliphatic carbocycles. The number of rotatable bonds is 2. The number of aliphatic carboxylic acids is 1. The first-order valence-electron chi connectivity index (χ1n) is 9.40. The lowest BCUT2D eigenvalue weighted by Crippen LogP contribution is -2.45. The van der Waals surface area contributed by atoms with Gasteiger partial charge in [-0.2, -0.15) is 0 Å². The van der Waals surface area contributed by atoms with Crippen LogP contribution in [0.5, 0.6) is 17.2 Å². The van der Waals surface area contributed by atoms with Crippen LogP contribution in [0.15, 0.2) is 43.5 Å². The molecule has 1 aromatic rings. The smallest absolute Gasteiger partial charge is 0.309 e.